The highest BCUT2D eigenvalue weighted by Crippen LogP contribution is 2.51. The van der Waals surface area contributed by atoms with Crippen LogP contribution < -0.4 is 14.2 Å². The van der Waals surface area contributed by atoms with Gasteiger partial charge in [0.15, 0.2) is 23.1 Å². The minimum absolute atomic E-state index is 0.112. The Bertz CT molecular complexity index is 1120. The maximum atomic E-state index is 14.3. The average molecular weight is 426 g/mol. The first-order valence-corrected chi connectivity index (χ1v) is 9.74. The largest absolute Gasteiger partial charge is 0.508 e. The molecule has 3 aromatic rings. The van der Waals surface area contributed by atoms with Crippen molar-refractivity contribution in [3.8, 4) is 34.5 Å². The Balaban J connectivity index is 1.93. The maximum Gasteiger partial charge on any atom is 0.200 e. The molecule has 0 aliphatic carbocycles. The molecule has 0 spiro atoms. The Kier molecular flexibility index (Phi) is 5.27. The molecule has 3 aromatic carbocycles. The monoisotopic (exact) mass is 426 g/mol. The summed E-state index contributed by atoms with van der Waals surface area (Å²) in [4.78, 5) is 0. The van der Waals surface area contributed by atoms with Gasteiger partial charge in [0.2, 0.25) is 5.75 Å². The zero-order valence-electron chi connectivity index (χ0n) is 17.3. The van der Waals surface area contributed by atoms with Gasteiger partial charge in [-0.3, -0.25) is 0 Å². The van der Waals surface area contributed by atoms with Gasteiger partial charge < -0.3 is 29.5 Å². The number of ether oxygens (including phenoxy) is 3. The van der Waals surface area contributed by atoms with Crippen molar-refractivity contribution in [1.29, 1.82) is 0 Å². The van der Waals surface area contributed by atoms with Crippen LogP contribution in [-0.2, 0) is 0 Å². The fraction of sp³-hybridized carbons (Fsp3) is 0.250. The fourth-order valence-electron chi connectivity index (χ4n) is 4.17. The van der Waals surface area contributed by atoms with Crippen LogP contribution in [0.15, 0.2) is 42.5 Å². The summed E-state index contributed by atoms with van der Waals surface area (Å²) >= 11 is 0. The van der Waals surface area contributed by atoms with E-state index in [4.69, 9.17) is 14.2 Å². The van der Waals surface area contributed by atoms with Crippen molar-refractivity contribution < 1.29 is 33.9 Å². The molecule has 0 bridgehead atoms. The molecule has 0 radical (unpaired) electrons. The molecule has 162 valence electrons. The normalized spacial score (nSPS) is 17.5. The smallest absolute Gasteiger partial charge is 0.200 e. The van der Waals surface area contributed by atoms with Gasteiger partial charge in [-0.1, -0.05) is 12.1 Å². The number of halogens is 1. The van der Waals surface area contributed by atoms with E-state index < -0.39 is 11.6 Å². The molecule has 0 amide bonds. The third-order valence-electron chi connectivity index (χ3n) is 5.81. The molecule has 0 fully saturated rings. The molecular weight excluding hydrogens is 403 g/mol. The first kappa shape index (κ1) is 20.7. The second-order valence-electron chi connectivity index (χ2n) is 7.51. The summed E-state index contributed by atoms with van der Waals surface area (Å²) in [7, 11) is 2.90. The van der Waals surface area contributed by atoms with E-state index in [0.717, 1.165) is 11.1 Å². The number of rotatable bonds is 4. The Hall–Kier alpha value is -3.61. The third-order valence-corrected chi connectivity index (χ3v) is 5.81. The molecule has 0 saturated carbocycles. The van der Waals surface area contributed by atoms with Crippen LogP contribution in [0.4, 0.5) is 4.39 Å². The fourth-order valence-corrected chi connectivity index (χ4v) is 4.17. The number of phenolic OH excluding ortho intramolecular Hbond substituents is 3. The molecule has 31 heavy (non-hydrogen) atoms. The Morgan fingerprint density at radius 1 is 0.903 bits per heavy atom. The van der Waals surface area contributed by atoms with E-state index >= 15 is 0 Å². The Labute approximate surface area is 179 Å². The van der Waals surface area contributed by atoms with E-state index in [0.29, 0.717) is 16.9 Å². The molecule has 0 aromatic heterocycles. The van der Waals surface area contributed by atoms with Gasteiger partial charge in [0.25, 0.3) is 0 Å². The average Bonchev–Trinajstić information content (AvgIpc) is 2.77. The summed E-state index contributed by atoms with van der Waals surface area (Å²) in [5.74, 6) is -0.744. The highest BCUT2D eigenvalue weighted by atomic mass is 19.1. The van der Waals surface area contributed by atoms with Crippen LogP contribution in [0.1, 0.15) is 34.1 Å². The number of hydrogen-bond acceptors (Lipinski definition) is 6. The molecule has 4 rings (SSSR count). The molecule has 7 heteroatoms. The summed E-state index contributed by atoms with van der Waals surface area (Å²) in [5, 5.41) is 30.1. The number of benzene rings is 3. The Morgan fingerprint density at radius 3 is 2.16 bits per heavy atom. The van der Waals surface area contributed by atoms with Crippen LogP contribution in [0.25, 0.3) is 0 Å². The Morgan fingerprint density at radius 2 is 1.55 bits per heavy atom. The lowest BCUT2D eigenvalue weighted by molar-refractivity contribution is 0.244. The first-order valence-electron chi connectivity index (χ1n) is 9.74. The molecule has 6 nitrogen and oxygen atoms in total. The molecule has 0 unspecified atom stereocenters. The summed E-state index contributed by atoms with van der Waals surface area (Å²) in [6.07, 6.45) is 0. The van der Waals surface area contributed by atoms with E-state index in [1.54, 1.807) is 37.3 Å². The maximum absolute atomic E-state index is 14.3. The van der Waals surface area contributed by atoms with Crippen molar-refractivity contribution in [2.24, 2.45) is 0 Å². The minimum atomic E-state index is -0.722. The van der Waals surface area contributed by atoms with Crippen LogP contribution >= 0.6 is 0 Å². The molecule has 1 aliphatic rings. The number of hydrogen-bond donors (Lipinski definition) is 3. The van der Waals surface area contributed by atoms with Crippen LogP contribution in [-0.4, -0.2) is 36.1 Å². The van der Waals surface area contributed by atoms with Gasteiger partial charge >= 0.3 is 0 Å². The number of methoxy groups -OCH3 is 2. The van der Waals surface area contributed by atoms with Crippen LogP contribution in [0.5, 0.6) is 34.5 Å². The quantitative estimate of drug-likeness (QED) is 0.566. The molecule has 0 saturated heterocycles. The van der Waals surface area contributed by atoms with Crippen molar-refractivity contribution >= 4 is 0 Å². The number of aromatic hydroxyl groups is 3. The van der Waals surface area contributed by atoms with Crippen molar-refractivity contribution in [1.82, 2.24) is 0 Å². The van der Waals surface area contributed by atoms with Gasteiger partial charge in [0.05, 0.1) is 20.8 Å². The topological polar surface area (TPSA) is 88.4 Å². The zero-order chi connectivity index (χ0) is 22.3. The van der Waals surface area contributed by atoms with Gasteiger partial charge in [-0.15, -0.1) is 0 Å². The van der Waals surface area contributed by atoms with Gasteiger partial charge in [0.1, 0.15) is 11.5 Å². The summed E-state index contributed by atoms with van der Waals surface area (Å²) in [5.41, 5.74) is 2.78. The van der Waals surface area contributed by atoms with Crippen LogP contribution in [0.2, 0.25) is 0 Å². The lowest BCUT2D eigenvalue weighted by Crippen LogP contribution is -2.26. The van der Waals surface area contributed by atoms with Gasteiger partial charge in [-0.25, -0.2) is 4.39 Å². The lowest BCUT2D eigenvalue weighted by Gasteiger charge is -2.35. The van der Waals surface area contributed by atoms with E-state index in [1.807, 2.05) is 0 Å². The summed E-state index contributed by atoms with van der Waals surface area (Å²) in [6, 6.07) is 11.0. The van der Waals surface area contributed by atoms with Crippen molar-refractivity contribution in [2.75, 3.05) is 20.8 Å². The second-order valence-corrected chi connectivity index (χ2v) is 7.51. The van der Waals surface area contributed by atoms with E-state index in [-0.39, 0.29) is 41.4 Å². The van der Waals surface area contributed by atoms with Gasteiger partial charge in [0, 0.05) is 23.0 Å². The molecule has 2 atom stereocenters. The predicted molar refractivity (Wildman–Crippen MR) is 112 cm³/mol. The van der Waals surface area contributed by atoms with Gasteiger partial charge in [-0.05, 0) is 48.4 Å². The lowest BCUT2D eigenvalue weighted by atomic mass is 9.75. The predicted octanol–water partition coefficient (Wildman–Crippen LogP) is 4.58. The van der Waals surface area contributed by atoms with Crippen molar-refractivity contribution in [3.05, 3.63) is 70.5 Å². The van der Waals surface area contributed by atoms with E-state index in [2.05, 4.69) is 0 Å². The molecule has 1 heterocycles. The van der Waals surface area contributed by atoms with E-state index in [1.165, 1.54) is 26.4 Å². The summed E-state index contributed by atoms with van der Waals surface area (Å²) < 4.78 is 30.9. The number of phenols is 3. The third kappa shape index (κ3) is 3.46. The van der Waals surface area contributed by atoms with Gasteiger partial charge in [-0.2, -0.15) is 0 Å². The second kappa shape index (κ2) is 7.91. The zero-order valence-corrected chi connectivity index (χ0v) is 17.3. The molecular formula is C24H23FO6. The van der Waals surface area contributed by atoms with Crippen LogP contribution in [0, 0.1) is 12.7 Å². The number of fused-ring (bicyclic) bond motifs is 1. The minimum Gasteiger partial charge on any atom is -0.508 e. The first-order chi connectivity index (χ1) is 14.8. The molecule has 3 N–H and O–H groups in total. The standard InChI is InChI=1S/C24H23FO6/c1-12-18(26)7-5-15-22(13-4-6-19(27)17(25)8-13)16(11-31-24(12)15)14-9-20(29-2)23(28)21(10-14)30-3/h4-10,16,22,26-28H,11H2,1-3H3/t16-,22-/m0/s1. The van der Waals surface area contributed by atoms with Crippen LogP contribution in [0.3, 0.4) is 0 Å². The SMILES string of the molecule is COc1cc([C@@H]2COc3c(ccc(O)c3C)[C@@H]2c2ccc(O)c(F)c2)cc(OC)c1O. The highest BCUT2D eigenvalue weighted by molar-refractivity contribution is 5.58. The molecule has 1 aliphatic heterocycles. The van der Waals surface area contributed by atoms with Crippen molar-refractivity contribution in [2.45, 2.75) is 18.8 Å². The highest BCUT2D eigenvalue weighted by Gasteiger charge is 2.36. The van der Waals surface area contributed by atoms with Crippen molar-refractivity contribution in [3.63, 3.8) is 0 Å². The summed E-state index contributed by atoms with van der Waals surface area (Å²) in [6.45, 7) is 2.00. The van der Waals surface area contributed by atoms with E-state index in [9.17, 15) is 19.7 Å².